The second-order valence-corrected chi connectivity index (χ2v) is 3.06. The van der Waals surface area contributed by atoms with Crippen molar-refractivity contribution in [1.82, 2.24) is 4.90 Å². The van der Waals surface area contributed by atoms with Gasteiger partial charge in [0.05, 0.1) is 0 Å². The Morgan fingerprint density at radius 1 is 1.64 bits per heavy atom. The maximum Gasteiger partial charge on any atom is 0.222 e. The van der Waals surface area contributed by atoms with E-state index in [9.17, 15) is 4.79 Å². The molecule has 0 aliphatic carbocycles. The standard InChI is InChI=1S/C8H15N2O/c1-7(9)6-10-5-3-2-4-8(10)11/h7H,1-6,9H2. The Hall–Kier alpha value is -0.570. The van der Waals surface area contributed by atoms with E-state index < -0.39 is 0 Å². The molecule has 1 saturated heterocycles. The van der Waals surface area contributed by atoms with E-state index >= 15 is 0 Å². The third-order valence-electron chi connectivity index (χ3n) is 1.88. The van der Waals surface area contributed by atoms with Crippen LogP contribution in [-0.2, 0) is 4.79 Å². The minimum absolute atomic E-state index is 0.142. The van der Waals surface area contributed by atoms with Crippen molar-refractivity contribution in [2.75, 3.05) is 13.1 Å². The van der Waals surface area contributed by atoms with E-state index in [1.54, 1.807) is 4.90 Å². The number of nitrogens with two attached hydrogens (primary N) is 1. The third-order valence-corrected chi connectivity index (χ3v) is 1.88. The number of hydrogen-bond acceptors (Lipinski definition) is 2. The molecule has 1 fully saturated rings. The molecule has 0 saturated carbocycles. The van der Waals surface area contributed by atoms with Crippen molar-refractivity contribution in [2.45, 2.75) is 25.3 Å². The number of hydrogen-bond donors (Lipinski definition) is 1. The van der Waals surface area contributed by atoms with Crippen molar-refractivity contribution in [3.05, 3.63) is 6.92 Å². The molecule has 3 nitrogen and oxygen atoms in total. The van der Waals surface area contributed by atoms with Crippen LogP contribution in [0.5, 0.6) is 0 Å². The summed E-state index contributed by atoms with van der Waals surface area (Å²) in [6.45, 7) is 5.12. The minimum atomic E-state index is -0.142. The average molecular weight is 155 g/mol. The van der Waals surface area contributed by atoms with Crippen LogP contribution in [0.25, 0.3) is 0 Å². The van der Waals surface area contributed by atoms with E-state index in [4.69, 9.17) is 5.73 Å². The van der Waals surface area contributed by atoms with E-state index in [1.807, 2.05) is 0 Å². The average Bonchev–Trinajstić information content (AvgIpc) is 1.93. The summed E-state index contributed by atoms with van der Waals surface area (Å²) < 4.78 is 0. The molecule has 1 heterocycles. The molecule has 3 heteroatoms. The maximum atomic E-state index is 11.2. The van der Waals surface area contributed by atoms with Crippen LogP contribution < -0.4 is 5.73 Å². The van der Waals surface area contributed by atoms with Crippen molar-refractivity contribution in [3.8, 4) is 0 Å². The van der Waals surface area contributed by atoms with E-state index in [-0.39, 0.29) is 11.9 Å². The number of amides is 1. The maximum absolute atomic E-state index is 11.2. The Labute approximate surface area is 67.5 Å². The topological polar surface area (TPSA) is 46.3 Å². The molecule has 1 atom stereocenters. The summed E-state index contributed by atoms with van der Waals surface area (Å²) in [5.41, 5.74) is 5.48. The van der Waals surface area contributed by atoms with Crippen LogP contribution in [0.2, 0.25) is 0 Å². The molecule has 1 aliphatic heterocycles. The fourth-order valence-electron chi connectivity index (χ4n) is 1.34. The normalized spacial score (nSPS) is 22.0. The fourth-order valence-corrected chi connectivity index (χ4v) is 1.34. The van der Waals surface area contributed by atoms with Gasteiger partial charge in [-0.1, -0.05) is 0 Å². The Morgan fingerprint density at radius 2 is 2.36 bits per heavy atom. The third kappa shape index (κ3) is 2.50. The van der Waals surface area contributed by atoms with E-state index in [0.717, 1.165) is 19.4 Å². The smallest absolute Gasteiger partial charge is 0.222 e. The first-order valence-electron chi connectivity index (χ1n) is 4.06. The Kier molecular flexibility index (Phi) is 2.88. The van der Waals surface area contributed by atoms with E-state index in [0.29, 0.717) is 13.0 Å². The van der Waals surface area contributed by atoms with Crippen molar-refractivity contribution in [3.63, 3.8) is 0 Å². The van der Waals surface area contributed by atoms with Crippen LogP contribution in [0.3, 0.4) is 0 Å². The van der Waals surface area contributed by atoms with Gasteiger partial charge in [0.1, 0.15) is 0 Å². The van der Waals surface area contributed by atoms with Crippen LogP contribution in [0.1, 0.15) is 19.3 Å². The van der Waals surface area contributed by atoms with Crippen molar-refractivity contribution in [1.29, 1.82) is 0 Å². The molecule has 1 radical (unpaired) electrons. The Balaban J connectivity index is 2.36. The van der Waals surface area contributed by atoms with Gasteiger partial charge >= 0.3 is 0 Å². The summed E-state index contributed by atoms with van der Waals surface area (Å²) in [5, 5.41) is 0. The van der Waals surface area contributed by atoms with Crippen molar-refractivity contribution in [2.24, 2.45) is 5.73 Å². The predicted octanol–water partition coefficient (Wildman–Crippen LogP) is 0.160. The monoisotopic (exact) mass is 155 g/mol. The minimum Gasteiger partial charge on any atom is -0.341 e. The van der Waals surface area contributed by atoms with Gasteiger partial charge in [-0.2, -0.15) is 0 Å². The summed E-state index contributed by atoms with van der Waals surface area (Å²) in [6.07, 6.45) is 2.83. The summed E-state index contributed by atoms with van der Waals surface area (Å²) >= 11 is 0. The number of likely N-dealkylation sites (tertiary alicyclic amines) is 1. The second-order valence-electron chi connectivity index (χ2n) is 3.06. The molecule has 0 aromatic carbocycles. The van der Waals surface area contributed by atoms with Gasteiger partial charge in [0.15, 0.2) is 0 Å². The van der Waals surface area contributed by atoms with Gasteiger partial charge in [-0.05, 0) is 19.8 Å². The quantitative estimate of drug-likeness (QED) is 0.617. The number of nitrogens with zero attached hydrogens (tertiary/aromatic N) is 1. The molecular weight excluding hydrogens is 140 g/mol. The molecule has 1 amide bonds. The molecule has 0 bridgehead atoms. The first-order chi connectivity index (χ1) is 5.20. The van der Waals surface area contributed by atoms with Gasteiger partial charge in [0.25, 0.3) is 0 Å². The zero-order chi connectivity index (χ0) is 8.27. The SMILES string of the molecule is [CH2]C(N)CN1CCCCC1=O. The largest absolute Gasteiger partial charge is 0.341 e. The van der Waals surface area contributed by atoms with Gasteiger partial charge in [0, 0.05) is 25.6 Å². The molecule has 11 heavy (non-hydrogen) atoms. The highest BCUT2D eigenvalue weighted by Gasteiger charge is 2.18. The first-order valence-corrected chi connectivity index (χ1v) is 4.06. The lowest BCUT2D eigenvalue weighted by Crippen LogP contribution is -2.42. The van der Waals surface area contributed by atoms with Gasteiger partial charge < -0.3 is 10.6 Å². The highest BCUT2D eigenvalue weighted by molar-refractivity contribution is 5.76. The van der Waals surface area contributed by atoms with Gasteiger partial charge in [-0.3, -0.25) is 4.79 Å². The highest BCUT2D eigenvalue weighted by Crippen LogP contribution is 2.09. The fraction of sp³-hybridized carbons (Fsp3) is 0.750. The number of carbonyl (C=O) groups is 1. The van der Waals surface area contributed by atoms with E-state index in [1.165, 1.54) is 0 Å². The number of piperidine rings is 1. The van der Waals surface area contributed by atoms with Crippen LogP contribution in [0.4, 0.5) is 0 Å². The van der Waals surface area contributed by atoms with Crippen LogP contribution >= 0.6 is 0 Å². The van der Waals surface area contributed by atoms with Crippen molar-refractivity contribution < 1.29 is 4.79 Å². The lowest BCUT2D eigenvalue weighted by atomic mass is 10.1. The van der Waals surface area contributed by atoms with E-state index in [2.05, 4.69) is 6.92 Å². The summed E-state index contributed by atoms with van der Waals surface area (Å²) in [4.78, 5) is 13.0. The zero-order valence-corrected chi connectivity index (χ0v) is 6.75. The van der Waals surface area contributed by atoms with Crippen LogP contribution in [0, 0.1) is 6.92 Å². The molecule has 0 aromatic rings. The van der Waals surface area contributed by atoms with Gasteiger partial charge in [0.2, 0.25) is 5.91 Å². The molecule has 1 rings (SSSR count). The Morgan fingerprint density at radius 3 is 2.91 bits per heavy atom. The lowest BCUT2D eigenvalue weighted by molar-refractivity contribution is -0.133. The van der Waals surface area contributed by atoms with Gasteiger partial charge in [-0.15, -0.1) is 0 Å². The molecule has 1 aliphatic rings. The first kappa shape index (κ1) is 8.53. The number of carbonyl (C=O) groups excluding carboxylic acids is 1. The molecule has 63 valence electrons. The predicted molar refractivity (Wildman–Crippen MR) is 43.8 cm³/mol. The molecule has 0 aromatic heterocycles. The molecule has 2 N–H and O–H groups in total. The van der Waals surface area contributed by atoms with Gasteiger partial charge in [-0.25, -0.2) is 0 Å². The highest BCUT2D eigenvalue weighted by atomic mass is 16.2. The van der Waals surface area contributed by atoms with Crippen LogP contribution in [-0.4, -0.2) is 29.9 Å². The summed E-state index contributed by atoms with van der Waals surface area (Å²) in [5.74, 6) is 0.232. The summed E-state index contributed by atoms with van der Waals surface area (Å²) in [7, 11) is 0. The van der Waals surface area contributed by atoms with Crippen LogP contribution in [0.15, 0.2) is 0 Å². The molecule has 0 spiro atoms. The molecule has 1 unspecified atom stereocenters. The molecular formula is C8H15N2O. The number of rotatable bonds is 2. The lowest BCUT2D eigenvalue weighted by Gasteiger charge is -2.27. The van der Waals surface area contributed by atoms with Crippen molar-refractivity contribution >= 4 is 5.91 Å². The Bertz CT molecular complexity index is 145. The second kappa shape index (κ2) is 3.72. The zero-order valence-electron chi connectivity index (χ0n) is 6.75. The summed E-state index contributed by atoms with van der Waals surface area (Å²) in [6, 6.07) is -0.142.